The third-order valence-corrected chi connectivity index (χ3v) is 12.8. The van der Waals surface area contributed by atoms with Gasteiger partial charge >= 0.3 is 0 Å². The summed E-state index contributed by atoms with van der Waals surface area (Å²) in [6.07, 6.45) is 0. The van der Waals surface area contributed by atoms with Gasteiger partial charge in [0.2, 0.25) is 0 Å². The maximum Gasteiger partial charge on any atom is 0.0555 e. The van der Waals surface area contributed by atoms with Crippen LogP contribution in [0, 0.1) is 0 Å². The van der Waals surface area contributed by atoms with Gasteiger partial charge in [-0.05, 0) is 105 Å². The first kappa shape index (κ1) is 32.1. The van der Waals surface area contributed by atoms with Crippen molar-refractivity contribution in [3.05, 3.63) is 206 Å². The molecule has 0 atom stereocenters. The summed E-state index contributed by atoms with van der Waals surface area (Å²) in [5.41, 5.74) is 9.42. The summed E-state index contributed by atoms with van der Waals surface area (Å²) < 4.78 is 5.00. The fraction of sp³-hybridized carbons (Fsp3) is 0. The van der Waals surface area contributed by atoms with E-state index in [0.717, 1.165) is 17.1 Å². The number of aromatic nitrogens is 1. The van der Waals surface area contributed by atoms with Gasteiger partial charge in [-0.3, -0.25) is 0 Å². The SMILES string of the molecule is c1ccc(-c2ccc(N(c3ccc4c(c3)c3c5ccccc5ccc3n4-c3ccccc3)c3cccc4sc5cc6ccccc6cc5c34)c3ccccc23)cc1. The van der Waals surface area contributed by atoms with Crippen LogP contribution in [0.3, 0.4) is 0 Å². The molecular formula is C54H34N2S. The van der Waals surface area contributed by atoms with Crippen LogP contribution in [0.4, 0.5) is 17.1 Å². The molecule has 0 spiro atoms. The quantitative estimate of drug-likeness (QED) is 0.170. The maximum atomic E-state index is 2.52. The lowest BCUT2D eigenvalue weighted by molar-refractivity contribution is 1.18. The van der Waals surface area contributed by atoms with E-state index < -0.39 is 0 Å². The molecular weight excluding hydrogens is 709 g/mol. The first-order valence-corrected chi connectivity index (χ1v) is 20.3. The summed E-state index contributed by atoms with van der Waals surface area (Å²) >= 11 is 1.88. The second-order valence-electron chi connectivity index (χ2n) is 14.9. The lowest BCUT2D eigenvalue weighted by Gasteiger charge is -2.28. The molecule has 0 saturated heterocycles. The number of benzene rings is 10. The van der Waals surface area contributed by atoms with Crippen LogP contribution < -0.4 is 4.90 Å². The van der Waals surface area contributed by atoms with Crippen LogP contribution in [-0.4, -0.2) is 4.57 Å². The number of hydrogen-bond donors (Lipinski definition) is 0. The van der Waals surface area contributed by atoms with Crippen molar-refractivity contribution in [2.45, 2.75) is 0 Å². The smallest absolute Gasteiger partial charge is 0.0555 e. The Morgan fingerprint density at radius 3 is 1.88 bits per heavy atom. The molecule has 0 N–H and O–H groups in total. The first-order chi connectivity index (χ1) is 28.3. The summed E-state index contributed by atoms with van der Waals surface area (Å²) in [4.78, 5) is 2.52. The molecule has 57 heavy (non-hydrogen) atoms. The third kappa shape index (κ3) is 4.96. The zero-order valence-electron chi connectivity index (χ0n) is 30.9. The predicted molar refractivity (Wildman–Crippen MR) is 246 cm³/mol. The summed E-state index contributed by atoms with van der Waals surface area (Å²) in [7, 11) is 0. The standard InChI is InChI=1S/C54H34N2S/c1-3-14-35(15-4-1)41-28-31-47(44-23-12-11-22-43(41)44)56(49-24-13-25-51-54(49)46-32-37-17-7-8-18-38(37)33-52(46)57-51)40-27-30-48-45(34-40)53-42-21-10-9-16-36(42)26-29-50(53)55(48)39-19-5-2-6-20-39/h1-34H. The highest BCUT2D eigenvalue weighted by Gasteiger charge is 2.23. The van der Waals surface area contributed by atoms with Gasteiger partial charge in [0.25, 0.3) is 0 Å². The molecule has 0 bridgehead atoms. The van der Waals surface area contributed by atoms with Gasteiger partial charge in [0, 0.05) is 47.7 Å². The molecule has 266 valence electrons. The monoisotopic (exact) mass is 742 g/mol. The molecule has 3 heteroatoms. The average molecular weight is 743 g/mol. The Kier molecular flexibility index (Phi) is 7.13. The van der Waals surface area contributed by atoms with E-state index in [-0.39, 0.29) is 0 Å². The molecule has 0 aliphatic heterocycles. The molecule has 0 radical (unpaired) electrons. The van der Waals surface area contributed by atoms with E-state index in [1.54, 1.807) is 0 Å². The van der Waals surface area contributed by atoms with Crippen molar-refractivity contribution in [2.24, 2.45) is 0 Å². The van der Waals surface area contributed by atoms with Gasteiger partial charge in [0.1, 0.15) is 0 Å². The molecule has 2 aromatic heterocycles. The van der Waals surface area contributed by atoms with E-state index in [1.165, 1.54) is 91.1 Å². The topological polar surface area (TPSA) is 8.17 Å². The van der Waals surface area contributed by atoms with Gasteiger partial charge in [-0.2, -0.15) is 0 Å². The third-order valence-electron chi connectivity index (χ3n) is 11.7. The average Bonchev–Trinajstić information content (AvgIpc) is 3.81. The summed E-state index contributed by atoms with van der Waals surface area (Å²) in [6.45, 7) is 0. The molecule has 10 aromatic carbocycles. The van der Waals surface area contributed by atoms with Crippen molar-refractivity contribution in [3.8, 4) is 16.8 Å². The van der Waals surface area contributed by atoms with Crippen LogP contribution in [0.2, 0.25) is 0 Å². The molecule has 2 nitrogen and oxygen atoms in total. The minimum absolute atomic E-state index is 1.12. The molecule has 0 aliphatic rings. The first-order valence-electron chi connectivity index (χ1n) is 19.5. The molecule has 0 fully saturated rings. The van der Waals surface area contributed by atoms with Crippen molar-refractivity contribution in [1.82, 2.24) is 4.57 Å². The number of rotatable bonds is 5. The minimum Gasteiger partial charge on any atom is -0.309 e. The van der Waals surface area contributed by atoms with Crippen LogP contribution in [-0.2, 0) is 0 Å². The Labute approximate surface area is 333 Å². The number of fused-ring (bicyclic) bond motifs is 10. The van der Waals surface area contributed by atoms with Gasteiger partial charge in [-0.1, -0.05) is 140 Å². The Balaban J connectivity index is 1.20. The van der Waals surface area contributed by atoms with E-state index in [4.69, 9.17) is 0 Å². The van der Waals surface area contributed by atoms with E-state index in [0.29, 0.717) is 0 Å². The molecule has 12 rings (SSSR count). The van der Waals surface area contributed by atoms with E-state index in [1.807, 2.05) is 11.3 Å². The Bertz CT molecular complexity index is 3520. The summed E-state index contributed by atoms with van der Waals surface area (Å²) in [5.74, 6) is 0. The van der Waals surface area contributed by atoms with Gasteiger partial charge in [-0.25, -0.2) is 0 Å². The number of thiophene rings is 1. The lowest BCUT2D eigenvalue weighted by atomic mass is 9.96. The Morgan fingerprint density at radius 2 is 1.05 bits per heavy atom. The minimum atomic E-state index is 1.12. The predicted octanol–water partition coefficient (Wildman–Crippen LogP) is 15.7. The van der Waals surface area contributed by atoms with Crippen LogP contribution in [0.1, 0.15) is 0 Å². The molecule has 12 aromatic rings. The van der Waals surface area contributed by atoms with E-state index in [9.17, 15) is 0 Å². The molecule has 0 unspecified atom stereocenters. The van der Waals surface area contributed by atoms with Gasteiger partial charge in [0.15, 0.2) is 0 Å². The number of nitrogens with zero attached hydrogens (tertiary/aromatic N) is 2. The zero-order chi connectivity index (χ0) is 37.5. The van der Waals surface area contributed by atoms with E-state index >= 15 is 0 Å². The highest BCUT2D eigenvalue weighted by Crippen LogP contribution is 2.49. The van der Waals surface area contributed by atoms with Crippen molar-refractivity contribution < 1.29 is 0 Å². The fourth-order valence-electron chi connectivity index (χ4n) is 9.21. The highest BCUT2D eigenvalue weighted by atomic mass is 32.1. The zero-order valence-corrected chi connectivity index (χ0v) is 31.7. The van der Waals surface area contributed by atoms with E-state index in [2.05, 4.69) is 216 Å². The summed E-state index contributed by atoms with van der Waals surface area (Å²) in [5, 5.41) is 12.5. The molecule has 0 amide bonds. The second-order valence-corrected chi connectivity index (χ2v) is 16.0. The van der Waals surface area contributed by atoms with Crippen molar-refractivity contribution in [2.75, 3.05) is 4.90 Å². The molecule has 2 heterocycles. The molecule has 0 aliphatic carbocycles. The van der Waals surface area contributed by atoms with Gasteiger partial charge in [-0.15, -0.1) is 11.3 Å². The van der Waals surface area contributed by atoms with Crippen LogP contribution in [0.5, 0.6) is 0 Å². The largest absolute Gasteiger partial charge is 0.309 e. The van der Waals surface area contributed by atoms with Crippen LogP contribution >= 0.6 is 11.3 Å². The summed E-state index contributed by atoms with van der Waals surface area (Å²) in [6, 6.07) is 75.8. The van der Waals surface area contributed by atoms with Crippen molar-refractivity contribution in [1.29, 1.82) is 0 Å². The normalized spacial score (nSPS) is 11.9. The highest BCUT2D eigenvalue weighted by molar-refractivity contribution is 7.26. The Hall–Kier alpha value is -7.20. The lowest BCUT2D eigenvalue weighted by Crippen LogP contribution is -2.11. The Morgan fingerprint density at radius 1 is 0.368 bits per heavy atom. The number of para-hydroxylation sites is 1. The van der Waals surface area contributed by atoms with Crippen LogP contribution in [0.25, 0.3) is 91.1 Å². The van der Waals surface area contributed by atoms with Gasteiger partial charge in [0.05, 0.1) is 22.4 Å². The van der Waals surface area contributed by atoms with Crippen molar-refractivity contribution >= 4 is 103 Å². The van der Waals surface area contributed by atoms with Crippen LogP contribution in [0.15, 0.2) is 206 Å². The number of anilines is 3. The van der Waals surface area contributed by atoms with Crippen molar-refractivity contribution in [3.63, 3.8) is 0 Å². The second kappa shape index (κ2) is 12.7. The molecule has 0 saturated carbocycles. The number of hydrogen-bond acceptors (Lipinski definition) is 2. The maximum absolute atomic E-state index is 2.52. The fourth-order valence-corrected chi connectivity index (χ4v) is 10.4. The van der Waals surface area contributed by atoms with Gasteiger partial charge < -0.3 is 9.47 Å².